The zero-order valence-electron chi connectivity index (χ0n) is 18.1. The molecule has 2 aliphatic carbocycles. The van der Waals surface area contributed by atoms with Gasteiger partial charge in [-0.3, -0.25) is 29.0 Å². The molecule has 0 aromatic carbocycles. The van der Waals surface area contributed by atoms with Crippen molar-refractivity contribution < 1.29 is 19.2 Å². The number of hydrogen-bond acceptors (Lipinski definition) is 4. The fourth-order valence-corrected chi connectivity index (χ4v) is 10.6. The second-order valence-corrected chi connectivity index (χ2v) is 16.8. The molecule has 36 heavy (non-hydrogen) atoms. The number of alkyl halides is 4. The maximum atomic E-state index is 13.2. The van der Waals surface area contributed by atoms with Gasteiger partial charge in [0.2, 0.25) is 0 Å². The summed E-state index contributed by atoms with van der Waals surface area (Å²) in [6, 6.07) is 0. The van der Waals surface area contributed by atoms with Gasteiger partial charge in [0.1, 0.15) is 0 Å². The van der Waals surface area contributed by atoms with E-state index in [0.29, 0.717) is 30.8 Å². The smallest absolute Gasteiger partial charge is 0.253 e. The van der Waals surface area contributed by atoms with Crippen molar-refractivity contribution in [3.05, 3.63) is 42.2 Å². The van der Waals surface area contributed by atoms with Gasteiger partial charge in [-0.2, -0.15) is 0 Å². The van der Waals surface area contributed by atoms with Crippen molar-refractivity contribution in [2.75, 3.05) is 13.1 Å². The minimum atomic E-state index is -1.25. The van der Waals surface area contributed by atoms with Gasteiger partial charge >= 0.3 is 0 Å². The predicted molar refractivity (Wildman–Crippen MR) is 167 cm³/mol. The Balaban J connectivity index is 1.33. The van der Waals surface area contributed by atoms with E-state index < -0.39 is 17.3 Å². The van der Waals surface area contributed by atoms with E-state index in [9.17, 15) is 19.2 Å². The highest BCUT2D eigenvalue weighted by Crippen LogP contribution is 2.58. The van der Waals surface area contributed by atoms with Crippen molar-refractivity contribution in [1.29, 1.82) is 0 Å². The first-order valence-electron chi connectivity index (χ1n) is 10.7. The number of carbonyl (C=O) groups is 4. The molecule has 0 radical (unpaired) electrons. The van der Waals surface area contributed by atoms with E-state index in [1.54, 1.807) is 24.3 Å². The molecule has 4 aliphatic rings. The van der Waals surface area contributed by atoms with Crippen LogP contribution in [-0.2, 0) is 19.2 Å². The van der Waals surface area contributed by atoms with Crippen molar-refractivity contribution in [1.82, 2.24) is 9.80 Å². The number of fused-ring (bicyclic) bond motifs is 2. The van der Waals surface area contributed by atoms with Crippen molar-refractivity contribution >= 4 is 151 Å². The first kappa shape index (κ1) is 30.0. The highest BCUT2D eigenvalue weighted by atomic mass is 79.9. The molecule has 14 heteroatoms. The van der Waals surface area contributed by atoms with Gasteiger partial charge in [-0.05, 0) is 56.9 Å². The number of unbranched alkanes of at least 4 members (excludes halogenated alkanes) is 3. The molecule has 2 aliphatic heterocycles. The molecule has 2 heterocycles. The number of allylic oxidation sites excluding steroid dienone is 4. The van der Waals surface area contributed by atoms with Gasteiger partial charge in [0.05, 0.1) is 0 Å². The highest BCUT2D eigenvalue weighted by molar-refractivity contribution is 9.17. The number of imide groups is 2. The lowest BCUT2D eigenvalue weighted by atomic mass is 9.90. The molecular weight excluding hydrogens is 995 g/mol. The fraction of sp³-hybridized carbons (Fsp3) is 0.455. The molecule has 6 nitrogen and oxygen atoms in total. The first-order chi connectivity index (χ1) is 16.7. The third-order valence-corrected chi connectivity index (χ3v) is 18.3. The van der Waals surface area contributed by atoms with E-state index in [1.165, 1.54) is 9.80 Å². The number of halogens is 8. The lowest BCUT2D eigenvalue weighted by Crippen LogP contribution is -2.48. The van der Waals surface area contributed by atoms with E-state index in [-0.39, 0.29) is 36.7 Å². The van der Waals surface area contributed by atoms with Crippen LogP contribution in [0.2, 0.25) is 0 Å². The van der Waals surface area contributed by atoms with Gasteiger partial charge < -0.3 is 0 Å². The second-order valence-electron chi connectivity index (χ2n) is 8.67. The highest BCUT2D eigenvalue weighted by Gasteiger charge is 2.70. The normalized spacial score (nSPS) is 36.0. The Morgan fingerprint density at radius 1 is 0.556 bits per heavy atom. The Morgan fingerprint density at radius 3 is 1.22 bits per heavy atom. The number of rotatable bonds is 7. The number of carbonyl (C=O) groups excluding carboxylic acids is 4. The number of amides is 4. The van der Waals surface area contributed by atoms with Gasteiger partial charge in [-0.25, -0.2) is 0 Å². The van der Waals surface area contributed by atoms with Crippen molar-refractivity contribution in [2.24, 2.45) is 0 Å². The van der Waals surface area contributed by atoms with Gasteiger partial charge in [0, 0.05) is 31.0 Å². The molecule has 2 saturated heterocycles. The molecule has 4 atom stereocenters. The summed E-state index contributed by atoms with van der Waals surface area (Å²) in [5.41, 5.74) is 0. The molecule has 0 saturated carbocycles. The molecule has 0 aromatic heterocycles. The average molecular weight is 1010 g/mol. The second kappa shape index (κ2) is 10.5. The van der Waals surface area contributed by atoms with E-state index in [4.69, 9.17) is 0 Å². The maximum absolute atomic E-state index is 13.2. The minimum absolute atomic E-state index is 0.275. The monoisotopic (exact) mass is 1000 g/mol. The van der Waals surface area contributed by atoms with Crippen LogP contribution in [0.15, 0.2) is 42.2 Å². The lowest BCUT2D eigenvalue weighted by Gasteiger charge is -2.33. The molecule has 0 N–H and O–H groups in total. The Morgan fingerprint density at radius 2 is 0.889 bits per heavy atom. The Kier molecular flexibility index (Phi) is 8.75. The molecule has 4 unspecified atom stereocenters. The number of hydrogen-bond donors (Lipinski definition) is 0. The summed E-state index contributed by atoms with van der Waals surface area (Å²) >= 11 is 27.8. The van der Waals surface area contributed by atoms with Crippen LogP contribution in [0.4, 0.5) is 0 Å². The number of nitrogens with zero attached hydrogens (tertiary/aromatic N) is 2. The first-order valence-corrected chi connectivity index (χ1v) is 17.0. The van der Waals surface area contributed by atoms with Crippen LogP contribution in [0.5, 0.6) is 0 Å². The summed E-state index contributed by atoms with van der Waals surface area (Å²) < 4.78 is -2.44. The summed E-state index contributed by atoms with van der Waals surface area (Å²) in [5.74, 6) is -1.32. The lowest BCUT2D eigenvalue weighted by molar-refractivity contribution is -0.140. The van der Waals surface area contributed by atoms with Crippen LogP contribution in [0.1, 0.15) is 25.7 Å². The summed E-state index contributed by atoms with van der Waals surface area (Å²) in [4.78, 5) is 55.3. The zero-order valence-corrected chi connectivity index (χ0v) is 30.8. The molecule has 4 rings (SSSR count). The van der Waals surface area contributed by atoms with Crippen LogP contribution < -0.4 is 0 Å². The van der Waals surface area contributed by atoms with E-state index >= 15 is 0 Å². The van der Waals surface area contributed by atoms with Crippen molar-refractivity contribution in [3.63, 3.8) is 0 Å². The third-order valence-electron chi connectivity index (χ3n) is 6.65. The molecule has 194 valence electrons. The average Bonchev–Trinajstić information content (AvgIpc) is 3.09. The number of likely N-dealkylation sites (tertiary alicyclic amines) is 2. The van der Waals surface area contributed by atoms with Gasteiger partial charge in [0.15, 0.2) is 17.3 Å². The SMILES string of the molecule is O=C1N(CCCCCCN2C(=O)C3(Br)C=CC(Br)=C(Br)C3(Br)C2=O)C(=O)C2(Br)C(Br)=C(Br)C=CC12Br. The molecule has 0 aromatic rings. The van der Waals surface area contributed by atoms with Crippen molar-refractivity contribution in [3.8, 4) is 0 Å². The molecule has 4 amide bonds. The molecule has 0 spiro atoms. The summed E-state index contributed by atoms with van der Waals surface area (Å²) in [5, 5.41) is 0. The van der Waals surface area contributed by atoms with Crippen LogP contribution in [-0.4, -0.2) is 63.8 Å². The van der Waals surface area contributed by atoms with Crippen LogP contribution in [0, 0.1) is 0 Å². The molecule has 2 fully saturated rings. The van der Waals surface area contributed by atoms with Gasteiger partial charge in [-0.1, -0.05) is 121 Å². The van der Waals surface area contributed by atoms with Crippen LogP contribution >= 0.6 is 127 Å². The van der Waals surface area contributed by atoms with Crippen LogP contribution in [0.3, 0.4) is 0 Å². The predicted octanol–water partition coefficient (Wildman–Crippen LogP) is 6.96. The zero-order chi connectivity index (χ0) is 26.8. The van der Waals surface area contributed by atoms with Gasteiger partial charge in [0.25, 0.3) is 23.6 Å². The summed E-state index contributed by atoms with van der Waals surface area (Å²) in [6.45, 7) is 0.550. The largest absolute Gasteiger partial charge is 0.279 e. The quantitative estimate of drug-likeness (QED) is 0.157. The van der Waals surface area contributed by atoms with E-state index in [1.807, 2.05) is 0 Å². The third kappa shape index (κ3) is 4.07. The Labute approximate surface area is 275 Å². The van der Waals surface area contributed by atoms with Crippen LogP contribution in [0.25, 0.3) is 0 Å². The molecule has 0 bridgehead atoms. The maximum Gasteiger partial charge on any atom is 0.253 e. The summed E-state index contributed by atoms with van der Waals surface area (Å²) in [6.07, 6.45) is 9.48. The Hall–Kier alpha value is 1.08. The van der Waals surface area contributed by atoms with Gasteiger partial charge in [-0.15, -0.1) is 0 Å². The van der Waals surface area contributed by atoms with Crippen molar-refractivity contribution in [2.45, 2.75) is 43.0 Å². The van der Waals surface area contributed by atoms with E-state index in [0.717, 1.165) is 12.8 Å². The standard InChI is InChI=1S/C22H16Br8N2O4/c23-11-5-7-19(27)15(33)31(17(35)21(19,29)13(11)25)9-3-1-2-4-10-32-16(34)20(28)8-6-12(24)14(26)22(20,30)18(32)36/h5-8H,1-4,9-10H2. The minimum Gasteiger partial charge on any atom is -0.279 e. The topological polar surface area (TPSA) is 74.8 Å². The van der Waals surface area contributed by atoms with E-state index in [2.05, 4.69) is 127 Å². The molecular formula is C22H16Br8N2O4. The fourth-order valence-electron chi connectivity index (χ4n) is 4.59. The summed E-state index contributed by atoms with van der Waals surface area (Å²) in [7, 11) is 0. The Bertz CT molecular complexity index is 1120.